The second kappa shape index (κ2) is 8.95. The maximum absolute atomic E-state index is 6.76. The van der Waals surface area contributed by atoms with Crippen LogP contribution in [0.15, 0.2) is 0 Å². The van der Waals surface area contributed by atoms with Gasteiger partial charge in [0.15, 0.2) is 0 Å². The summed E-state index contributed by atoms with van der Waals surface area (Å²) in [5.41, 5.74) is 0.383. The van der Waals surface area contributed by atoms with E-state index < -0.39 is 0 Å². The minimum absolute atomic E-state index is 0.325. The summed E-state index contributed by atoms with van der Waals surface area (Å²) < 4.78 is 13.4. The van der Waals surface area contributed by atoms with Crippen molar-refractivity contribution < 1.29 is 9.47 Å². The molecule has 3 unspecified atom stereocenters. The van der Waals surface area contributed by atoms with E-state index >= 15 is 0 Å². The Kier molecular flexibility index (Phi) is 7.11. The third kappa shape index (κ3) is 5.71. The van der Waals surface area contributed by atoms with E-state index in [-0.39, 0.29) is 0 Å². The van der Waals surface area contributed by atoms with Crippen molar-refractivity contribution in [2.24, 2.45) is 23.2 Å². The van der Waals surface area contributed by atoms with Gasteiger partial charge < -0.3 is 9.47 Å². The van der Waals surface area contributed by atoms with E-state index in [1.165, 1.54) is 70.6 Å². The zero-order chi connectivity index (χ0) is 18.7. The van der Waals surface area contributed by atoms with Gasteiger partial charge in [0.2, 0.25) is 0 Å². The molecule has 3 saturated carbocycles. The third-order valence-corrected chi connectivity index (χ3v) is 7.62. The fraction of sp³-hybridized carbons (Fsp3) is 1.00. The van der Waals surface area contributed by atoms with Crippen LogP contribution in [0.4, 0.5) is 0 Å². The monoisotopic (exact) mass is 364 g/mol. The van der Waals surface area contributed by atoms with Crippen molar-refractivity contribution in [2.75, 3.05) is 0 Å². The smallest absolute Gasteiger partial charge is 0.0843 e. The lowest BCUT2D eigenvalue weighted by molar-refractivity contribution is -0.164. The van der Waals surface area contributed by atoms with Crippen molar-refractivity contribution in [3.63, 3.8) is 0 Å². The zero-order valence-electron chi connectivity index (χ0n) is 18.1. The molecule has 0 aromatic carbocycles. The molecule has 2 heteroatoms. The first-order valence-electron chi connectivity index (χ1n) is 11.6. The maximum atomic E-state index is 6.76. The minimum atomic E-state index is 0.325. The van der Waals surface area contributed by atoms with Crippen LogP contribution in [0.1, 0.15) is 105 Å². The second-order valence-electron chi connectivity index (χ2n) is 11.0. The number of hydrogen-bond acceptors (Lipinski definition) is 2. The Labute approximate surface area is 162 Å². The summed E-state index contributed by atoms with van der Waals surface area (Å²) in [5, 5.41) is 0. The lowest BCUT2D eigenvalue weighted by atomic mass is 9.70. The van der Waals surface area contributed by atoms with Crippen LogP contribution in [-0.4, -0.2) is 24.4 Å². The van der Waals surface area contributed by atoms with Crippen LogP contribution in [0.5, 0.6) is 0 Å². The van der Waals surface area contributed by atoms with E-state index in [4.69, 9.17) is 9.47 Å². The van der Waals surface area contributed by atoms with Gasteiger partial charge in [-0.15, -0.1) is 0 Å². The standard InChI is InChI=1S/C24H44O2/c1-17-6-11-20(12-7-17)25-22-15-10-19(24(3,4)5)16-23(22)26-21-13-8-18(2)9-14-21/h17-23H,6-16H2,1-5H3. The average Bonchev–Trinajstić information content (AvgIpc) is 2.59. The number of rotatable bonds is 4. The molecule has 3 fully saturated rings. The van der Waals surface area contributed by atoms with Crippen LogP contribution in [0.25, 0.3) is 0 Å². The van der Waals surface area contributed by atoms with Crippen LogP contribution in [0, 0.1) is 23.2 Å². The van der Waals surface area contributed by atoms with Crippen LogP contribution in [-0.2, 0) is 9.47 Å². The SMILES string of the molecule is CC1CCC(OC2CCC(C(C)(C)C)CC2OC2CCC(C)CC2)CC1. The summed E-state index contributed by atoms with van der Waals surface area (Å²) in [6.45, 7) is 12.0. The summed E-state index contributed by atoms with van der Waals surface area (Å²) >= 11 is 0. The van der Waals surface area contributed by atoms with Crippen molar-refractivity contribution in [3.8, 4) is 0 Å². The van der Waals surface area contributed by atoms with Gasteiger partial charge in [0.05, 0.1) is 24.4 Å². The van der Waals surface area contributed by atoms with Gasteiger partial charge in [0.25, 0.3) is 0 Å². The Bertz CT molecular complexity index is 410. The van der Waals surface area contributed by atoms with Crippen molar-refractivity contribution in [3.05, 3.63) is 0 Å². The average molecular weight is 365 g/mol. The first-order chi connectivity index (χ1) is 12.3. The molecule has 2 nitrogen and oxygen atoms in total. The molecule has 0 aliphatic heterocycles. The van der Waals surface area contributed by atoms with E-state index in [1.54, 1.807) is 0 Å². The highest BCUT2D eigenvalue weighted by Gasteiger charge is 2.39. The molecule has 0 bridgehead atoms. The van der Waals surface area contributed by atoms with E-state index in [2.05, 4.69) is 34.6 Å². The molecular weight excluding hydrogens is 320 g/mol. The highest BCUT2D eigenvalue weighted by atomic mass is 16.6. The van der Waals surface area contributed by atoms with E-state index in [0.717, 1.165) is 17.8 Å². The van der Waals surface area contributed by atoms with Gasteiger partial charge in [-0.25, -0.2) is 0 Å². The molecule has 0 N–H and O–H groups in total. The molecule has 3 aliphatic carbocycles. The van der Waals surface area contributed by atoms with Crippen molar-refractivity contribution in [1.29, 1.82) is 0 Å². The summed E-state index contributed by atoms with van der Waals surface area (Å²) in [7, 11) is 0. The van der Waals surface area contributed by atoms with Crippen molar-refractivity contribution in [1.82, 2.24) is 0 Å². The molecule has 0 amide bonds. The number of hydrogen-bond donors (Lipinski definition) is 0. The van der Waals surface area contributed by atoms with Crippen molar-refractivity contribution >= 4 is 0 Å². The molecule has 0 aromatic heterocycles. The van der Waals surface area contributed by atoms with Gasteiger partial charge in [-0.3, -0.25) is 0 Å². The fourth-order valence-electron chi connectivity index (χ4n) is 5.41. The molecule has 152 valence electrons. The van der Waals surface area contributed by atoms with Crippen molar-refractivity contribution in [2.45, 2.75) is 130 Å². The Morgan fingerprint density at radius 1 is 0.577 bits per heavy atom. The number of ether oxygens (including phenoxy) is 2. The molecule has 0 heterocycles. The zero-order valence-corrected chi connectivity index (χ0v) is 18.1. The maximum Gasteiger partial charge on any atom is 0.0843 e. The first-order valence-corrected chi connectivity index (χ1v) is 11.6. The quantitative estimate of drug-likeness (QED) is 0.548. The first kappa shape index (κ1) is 20.6. The highest BCUT2D eigenvalue weighted by molar-refractivity contribution is 4.89. The topological polar surface area (TPSA) is 18.5 Å². The molecule has 0 saturated heterocycles. The molecule has 3 atom stereocenters. The van der Waals surface area contributed by atoms with Gasteiger partial charge >= 0.3 is 0 Å². The molecule has 26 heavy (non-hydrogen) atoms. The Morgan fingerprint density at radius 3 is 1.50 bits per heavy atom. The highest BCUT2D eigenvalue weighted by Crippen LogP contribution is 2.42. The Morgan fingerprint density at radius 2 is 1.04 bits per heavy atom. The summed E-state index contributed by atoms with van der Waals surface area (Å²) in [6.07, 6.45) is 15.7. The Hall–Kier alpha value is -0.0800. The summed E-state index contributed by atoms with van der Waals surface area (Å²) in [6, 6.07) is 0. The van der Waals surface area contributed by atoms with Crippen LogP contribution >= 0.6 is 0 Å². The minimum Gasteiger partial charge on any atom is -0.372 e. The van der Waals surface area contributed by atoms with E-state index in [9.17, 15) is 0 Å². The van der Waals surface area contributed by atoms with E-state index in [0.29, 0.717) is 29.8 Å². The molecule has 3 rings (SSSR count). The van der Waals surface area contributed by atoms with Gasteiger partial charge in [-0.05, 0) is 93.8 Å². The summed E-state index contributed by atoms with van der Waals surface area (Å²) in [5.74, 6) is 2.55. The van der Waals surface area contributed by atoms with Gasteiger partial charge in [-0.1, -0.05) is 34.6 Å². The summed E-state index contributed by atoms with van der Waals surface area (Å²) in [4.78, 5) is 0. The molecular formula is C24H44O2. The molecule has 3 aliphatic rings. The lowest BCUT2D eigenvalue weighted by Gasteiger charge is -2.44. The molecule has 0 aromatic rings. The lowest BCUT2D eigenvalue weighted by Crippen LogP contribution is -2.45. The van der Waals surface area contributed by atoms with Gasteiger partial charge in [0.1, 0.15) is 0 Å². The predicted octanol–water partition coefficient (Wildman–Crippen LogP) is 6.76. The third-order valence-electron chi connectivity index (χ3n) is 7.62. The molecule has 0 spiro atoms. The Balaban J connectivity index is 1.59. The molecule has 0 radical (unpaired) electrons. The van der Waals surface area contributed by atoms with Crippen LogP contribution in [0.2, 0.25) is 0 Å². The second-order valence-corrected chi connectivity index (χ2v) is 11.0. The van der Waals surface area contributed by atoms with Gasteiger partial charge in [0, 0.05) is 0 Å². The largest absolute Gasteiger partial charge is 0.372 e. The fourth-order valence-corrected chi connectivity index (χ4v) is 5.41. The van der Waals surface area contributed by atoms with Gasteiger partial charge in [-0.2, -0.15) is 0 Å². The van der Waals surface area contributed by atoms with Crippen LogP contribution < -0.4 is 0 Å². The normalized spacial score (nSPS) is 42.6. The van der Waals surface area contributed by atoms with Crippen LogP contribution in [0.3, 0.4) is 0 Å². The predicted molar refractivity (Wildman–Crippen MR) is 109 cm³/mol. The van der Waals surface area contributed by atoms with E-state index in [1.807, 2.05) is 0 Å².